The van der Waals surface area contributed by atoms with Gasteiger partial charge in [0.15, 0.2) is 0 Å². The number of amides is 1. The molecule has 1 fully saturated rings. The second kappa shape index (κ2) is 9.48. The average Bonchev–Trinajstić information content (AvgIpc) is 3.56. The van der Waals surface area contributed by atoms with Gasteiger partial charge in [-0.3, -0.25) is 14.5 Å². The fraction of sp³-hybridized carbons (Fsp3) is 0.133. The van der Waals surface area contributed by atoms with E-state index in [1.54, 1.807) is 54.6 Å². The number of Topliss-reactive ketones (excluding diaryl/α,β-unsaturated/α-hetero) is 1. The van der Waals surface area contributed by atoms with Crippen molar-refractivity contribution < 1.29 is 28.6 Å². The van der Waals surface area contributed by atoms with Crippen LogP contribution in [0, 0.1) is 0 Å². The smallest absolute Gasteiger partial charge is 0.300 e. The fourth-order valence-electron chi connectivity index (χ4n) is 4.77. The number of ether oxygens (including phenoxy) is 2. The van der Waals surface area contributed by atoms with Gasteiger partial charge in [0.2, 0.25) is 0 Å². The van der Waals surface area contributed by atoms with Crippen LogP contribution in [0.3, 0.4) is 0 Å². The number of hydrogen-bond donors (Lipinski definition) is 1. The van der Waals surface area contributed by atoms with E-state index in [2.05, 4.69) is 0 Å². The summed E-state index contributed by atoms with van der Waals surface area (Å²) in [7, 11) is 1.93. The van der Waals surface area contributed by atoms with E-state index in [4.69, 9.17) is 13.9 Å². The molecule has 2 aliphatic heterocycles. The molecule has 0 aliphatic carbocycles. The minimum atomic E-state index is -0.948. The van der Waals surface area contributed by atoms with Crippen LogP contribution in [0.25, 0.3) is 5.76 Å². The molecule has 1 saturated heterocycles. The largest absolute Gasteiger partial charge is 0.507 e. The molecule has 190 valence electrons. The Bertz CT molecular complexity index is 1530. The maximum atomic E-state index is 13.4. The van der Waals surface area contributed by atoms with Crippen molar-refractivity contribution in [2.24, 2.45) is 0 Å². The van der Waals surface area contributed by atoms with Crippen LogP contribution in [0.2, 0.25) is 0 Å². The number of anilines is 2. The molecule has 0 bridgehead atoms. The summed E-state index contributed by atoms with van der Waals surface area (Å²) in [5, 5.41) is 11.4. The van der Waals surface area contributed by atoms with Gasteiger partial charge in [0, 0.05) is 18.3 Å². The van der Waals surface area contributed by atoms with Crippen molar-refractivity contribution in [3.63, 3.8) is 0 Å². The number of fused-ring (bicyclic) bond motifs is 1. The Hall–Kier alpha value is -4.98. The topological polar surface area (TPSA) is 92.5 Å². The van der Waals surface area contributed by atoms with E-state index in [-0.39, 0.29) is 11.3 Å². The van der Waals surface area contributed by atoms with Crippen LogP contribution in [0.4, 0.5) is 11.4 Å². The van der Waals surface area contributed by atoms with Crippen molar-refractivity contribution >= 4 is 28.8 Å². The molecule has 1 unspecified atom stereocenters. The zero-order valence-corrected chi connectivity index (χ0v) is 20.5. The second-order valence-corrected chi connectivity index (χ2v) is 9.05. The quantitative estimate of drug-likeness (QED) is 0.215. The molecular weight excluding hydrogens is 484 g/mol. The summed E-state index contributed by atoms with van der Waals surface area (Å²) in [6.07, 6.45) is 1.47. The third-order valence-corrected chi connectivity index (χ3v) is 6.68. The van der Waals surface area contributed by atoms with Crippen molar-refractivity contribution in [1.82, 2.24) is 0 Å². The number of rotatable bonds is 5. The Kier molecular flexibility index (Phi) is 5.84. The van der Waals surface area contributed by atoms with Crippen LogP contribution in [0.5, 0.6) is 17.2 Å². The number of furan rings is 1. The van der Waals surface area contributed by atoms with Crippen LogP contribution < -0.4 is 19.3 Å². The van der Waals surface area contributed by atoms with E-state index in [1.807, 2.05) is 42.3 Å². The Morgan fingerprint density at radius 3 is 2.45 bits per heavy atom. The van der Waals surface area contributed by atoms with Gasteiger partial charge in [-0.05, 0) is 66.7 Å². The predicted molar refractivity (Wildman–Crippen MR) is 142 cm³/mol. The Balaban J connectivity index is 1.40. The van der Waals surface area contributed by atoms with Crippen molar-refractivity contribution in [2.75, 3.05) is 30.0 Å². The first-order valence-corrected chi connectivity index (χ1v) is 12.2. The van der Waals surface area contributed by atoms with Gasteiger partial charge in [-0.1, -0.05) is 18.2 Å². The number of likely N-dealkylation sites (N-methyl/N-ethyl adjacent to an activating group) is 1. The highest BCUT2D eigenvalue weighted by molar-refractivity contribution is 6.51. The monoisotopic (exact) mass is 508 g/mol. The average molecular weight is 509 g/mol. The number of aliphatic hydroxyl groups excluding tert-OH is 1. The van der Waals surface area contributed by atoms with Crippen molar-refractivity contribution in [3.8, 4) is 17.2 Å². The molecule has 0 radical (unpaired) electrons. The summed E-state index contributed by atoms with van der Waals surface area (Å²) in [5.74, 6) is 0.464. The molecule has 1 N–H and O–H groups in total. The van der Waals surface area contributed by atoms with Crippen LogP contribution in [-0.4, -0.2) is 37.0 Å². The molecule has 3 aromatic carbocycles. The van der Waals surface area contributed by atoms with Gasteiger partial charge in [-0.15, -0.1) is 0 Å². The predicted octanol–water partition coefficient (Wildman–Crippen LogP) is 5.53. The first-order chi connectivity index (χ1) is 18.5. The number of para-hydroxylation sites is 1. The van der Waals surface area contributed by atoms with E-state index in [9.17, 15) is 14.7 Å². The normalized spacial score (nSPS) is 18.3. The zero-order chi connectivity index (χ0) is 26.2. The third-order valence-electron chi connectivity index (χ3n) is 6.68. The first-order valence-electron chi connectivity index (χ1n) is 12.2. The Labute approximate surface area is 218 Å². The third kappa shape index (κ3) is 4.06. The van der Waals surface area contributed by atoms with E-state index >= 15 is 0 Å². The van der Waals surface area contributed by atoms with Crippen molar-refractivity contribution in [1.29, 1.82) is 0 Å². The lowest BCUT2D eigenvalue weighted by Gasteiger charge is -2.28. The molecule has 0 spiro atoms. The maximum Gasteiger partial charge on any atom is 0.300 e. The van der Waals surface area contributed by atoms with Gasteiger partial charge >= 0.3 is 0 Å². The Morgan fingerprint density at radius 2 is 1.71 bits per heavy atom. The van der Waals surface area contributed by atoms with Gasteiger partial charge in [0.05, 0.1) is 24.1 Å². The van der Waals surface area contributed by atoms with Crippen LogP contribution in [0.15, 0.2) is 101 Å². The number of nitrogens with zero attached hydrogens (tertiary/aromatic N) is 2. The summed E-state index contributed by atoms with van der Waals surface area (Å²) in [6.45, 7) is 1.26. The van der Waals surface area contributed by atoms with Crippen LogP contribution in [0.1, 0.15) is 17.4 Å². The lowest BCUT2D eigenvalue weighted by molar-refractivity contribution is -0.132. The summed E-state index contributed by atoms with van der Waals surface area (Å²) < 4.78 is 17.2. The number of hydrogen-bond acceptors (Lipinski definition) is 7. The minimum absolute atomic E-state index is 0.0473. The molecule has 6 rings (SSSR count). The number of carbonyl (C=O) groups excluding carboxylic acids is 2. The molecule has 8 nitrogen and oxygen atoms in total. The van der Waals surface area contributed by atoms with Gasteiger partial charge in [0.25, 0.3) is 11.7 Å². The molecule has 1 atom stereocenters. The van der Waals surface area contributed by atoms with Gasteiger partial charge in [0.1, 0.15) is 41.4 Å². The molecule has 4 aromatic rings. The SMILES string of the molecule is CN1CCOc2ccc(/C(O)=C3/C(=O)C(=O)N(c4ccc(Oc5ccccc5)cc4)C3c3ccco3)cc21. The zero-order valence-electron chi connectivity index (χ0n) is 20.5. The standard InChI is InChI=1S/C30H24N2O6/c1-31-15-17-37-24-14-9-19(18-23(24)31)28(33)26-27(25-8-5-16-36-25)32(30(35)29(26)34)20-10-12-22(13-11-20)38-21-6-3-2-4-7-21/h2-14,16,18,27,33H,15,17H2,1H3/b28-26-. The van der Waals surface area contributed by atoms with Crippen molar-refractivity contribution in [3.05, 3.63) is 108 Å². The van der Waals surface area contributed by atoms with Gasteiger partial charge in [-0.2, -0.15) is 0 Å². The highest BCUT2D eigenvalue weighted by Gasteiger charge is 2.48. The number of carbonyl (C=O) groups is 2. The van der Waals surface area contributed by atoms with Gasteiger partial charge in [-0.25, -0.2) is 0 Å². The maximum absolute atomic E-state index is 13.4. The summed E-state index contributed by atoms with van der Waals surface area (Å²) in [5.41, 5.74) is 1.61. The van der Waals surface area contributed by atoms with E-state index in [0.717, 1.165) is 5.69 Å². The van der Waals surface area contributed by atoms with Crippen LogP contribution in [-0.2, 0) is 9.59 Å². The summed E-state index contributed by atoms with van der Waals surface area (Å²) in [4.78, 5) is 30.1. The molecule has 1 amide bonds. The van der Waals surface area contributed by atoms with Gasteiger partial charge < -0.3 is 23.9 Å². The second-order valence-electron chi connectivity index (χ2n) is 9.05. The molecule has 1 aromatic heterocycles. The molecule has 3 heterocycles. The molecule has 8 heteroatoms. The molecule has 0 saturated carbocycles. The number of aliphatic hydroxyl groups is 1. The first kappa shape index (κ1) is 23.4. The summed E-state index contributed by atoms with van der Waals surface area (Å²) in [6, 6.07) is 23.8. The lowest BCUT2D eigenvalue weighted by atomic mass is 9.98. The van der Waals surface area contributed by atoms with E-state index < -0.39 is 17.7 Å². The molecule has 38 heavy (non-hydrogen) atoms. The number of ketones is 1. The summed E-state index contributed by atoms with van der Waals surface area (Å²) >= 11 is 0. The highest BCUT2D eigenvalue weighted by Crippen LogP contribution is 2.43. The number of benzene rings is 3. The van der Waals surface area contributed by atoms with Crippen molar-refractivity contribution in [2.45, 2.75) is 6.04 Å². The molecular formula is C30H24N2O6. The fourth-order valence-corrected chi connectivity index (χ4v) is 4.77. The van der Waals surface area contributed by atoms with Crippen LogP contribution >= 0.6 is 0 Å². The van der Waals surface area contributed by atoms with E-state index in [1.165, 1.54) is 11.2 Å². The molecule has 2 aliphatic rings. The lowest BCUT2D eigenvalue weighted by Crippen LogP contribution is -2.29. The van der Waals surface area contributed by atoms with E-state index in [0.29, 0.717) is 47.4 Å². The minimum Gasteiger partial charge on any atom is -0.507 e. The highest BCUT2D eigenvalue weighted by atomic mass is 16.5. The Morgan fingerprint density at radius 1 is 0.947 bits per heavy atom.